The smallest absolute Gasteiger partial charge is 0.165 e. The molecule has 10 rings (SSSR count). The molecular weight excluding hydrogens is 726 g/mol. The van der Waals surface area contributed by atoms with Crippen LogP contribution in [0.4, 0.5) is 0 Å². The van der Waals surface area contributed by atoms with Crippen LogP contribution in [0.5, 0.6) is 0 Å². The second-order valence-corrected chi connectivity index (χ2v) is 19.5. The maximum absolute atomic E-state index is 12.9. The maximum atomic E-state index is 12.9. The molecule has 1 aliphatic carbocycles. The fourth-order valence-corrected chi connectivity index (χ4v) is 10.1. The van der Waals surface area contributed by atoms with E-state index in [-0.39, 0.29) is 5.41 Å². The van der Waals surface area contributed by atoms with E-state index in [0.29, 0.717) is 17.5 Å². The highest BCUT2D eigenvalue weighted by molar-refractivity contribution is 7.70. The molecule has 0 atom stereocenters. The summed E-state index contributed by atoms with van der Waals surface area (Å²) in [5.41, 5.74) is 7.78. The highest BCUT2D eigenvalue weighted by atomic mass is 31.2. The minimum Gasteiger partial charge on any atom is -0.319 e. The zero-order chi connectivity index (χ0) is 39.3. The minimum atomic E-state index is -2.35. The second-order valence-electron chi connectivity index (χ2n) is 16.3. The van der Waals surface area contributed by atoms with Gasteiger partial charge in [-0.3, -0.25) is 0 Å². The van der Waals surface area contributed by atoms with Crippen molar-refractivity contribution in [2.45, 2.75) is 37.5 Å². The average Bonchev–Trinajstić information content (AvgIpc) is 3.28. The van der Waals surface area contributed by atoms with Crippen molar-refractivity contribution in [3.63, 3.8) is 0 Å². The first-order valence-corrected chi connectivity index (χ1v) is 23.0. The zero-order valence-electron chi connectivity index (χ0n) is 32.9. The van der Waals surface area contributed by atoms with Crippen molar-refractivity contribution in [2.24, 2.45) is 0 Å². The van der Waals surface area contributed by atoms with Gasteiger partial charge in [-0.25, -0.2) is 15.0 Å². The van der Waals surface area contributed by atoms with Crippen LogP contribution in [0.1, 0.15) is 43.2 Å². The van der Waals surface area contributed by atoms with E-state index in [1.54, 1.807) is 0 Å². The largest absolute Gasteiger partial charge is 0.319 e. The number of nitrogens with zero attached hydrogens (tertiary/aromatic N) is 3. The van der Waals surface area contributed by atoms with Gasteiger partial charge in [0.05, 0.1) is 0 Å². The molecule has 58 heavy (non-hydrogen) atoms. The predicted molar refractivity (Wildman–Crippen MR) is 243 cm³/mol. The average molecular weight is 770 g/mol. The quantitative estimate of drug-likeness (QED) is 0.120. The molecule has 1 fully saturated rings. The molecule has 0 bridgehead atoms. The fourth-order valence-electron chi connectivity index (χ4n) is 9.17. The van der Waals surface area contributed by atoms with Gasteiger partial charge < -0.3 is 4.57 Å². The van der Waals surface area contributed by atoms with Crippen LogP contribution >= 0.6 is 7.14 Å². The van der Waals surface area contributed by atoms with Crippen molar-refractivity contribution in [3.8, 4) is 45.3 Å². The van der Waals surface area contributed by atoms with Crippen molar-refractivity contribution in [3.05, 3.63) is 181 Å². The molecule has 1 aliphatic rings. The van der Waals surface area contributed by atoms with Gasteiger partial charge in [-0.1, -0.05) is 171 Å². The van der Waals surface area contributed by atoms with Gasteiger partial charge in [0.25, 0.3) is 0 Å². The third-order valence-electron chi connectivity index (χ3n) is 12.3. The van der Waals surface area contributed by atoms with Gasteiger partial charge in [0.1, 0.15) is 7.14 Å². The van der Waals surface area contributed by atoms with Crippen molar-refractivity contribution in [1.29, 1.82) is 0 Å². The maximum Gasteiger partial charge on any atom is 0.165 e. The van der Waals surface area contributed by atoms with Gasteiger partial charge in [-0.15, -0.1) is 0 Å². The Kier molecular flexibility index (Phi) is 9.11. The van der Waals surface area contributed by atoms with Crippen LogP contribution in [-0.4, -0.2) is 28.3 Å². The first-order chi connectivity index (χ1) is 28.3. The van der Waals surface area contributed by atoms with Crippen LogP contribution in [0.15, 0.2) is 170 Å². The third-order valence-corrected chi connectivity index (χ3v) is 13.8. The van der Waals surface area contributed by atoms with Crippen molar-refractivity contribution >= 4 is 44.8 Å². The molecule has 1 aromatic heterocycles. The van der Waals surface area contributed by atoms with Crippen molar-refractivity contribution in [1.82, 2.24) is 15.0 Å². The van der Waals surface area contributed by atoms with E-state index in [0.717, 1.165) is 72.9 Å². The van der Waals surface area contributed by atoms with E-state index < -0.39 is 7.14 Å². The highest BCUT2D eigenvalue weighted by Gasteiger charge is 2.36. The molecule has 9 aromatic rings. The first-order valence-electron chi connectivity index (χ1n) is 20.4. The van der Waals surface area contributed by atoms with Crippen molar-refractivity contribution < 1.29 is 4.57 Å². The lowest BCUT2D eigenvalue weighted by Gasteiger charge is -2.39. The van der Waals surface area contributed by atoms with Crippen LogP contribution in [0.3, 0.4) is 0 Å². The Morgan fingerprint density at radius 2 is 0.966 bits per heavy atom. The topological polar surface area (TPSA) is 55.7 Å². The van der Waals surface area contributed by atoms with Crippen LogP contribution in [0.2, 0.25) is 0 Å². The molecule has 0 spiro atoms. The number of benzene rings is 8. The predicted octanol–water partition coefficient (Wildman–Crippen LogP) is 13.5. The van der Waals surface area contributed by atoms with E-state index in [9.17, 15) is 4.57 Å². The van der Waals surface area contributed by atoms with Gasteiger partial charge in [0, 0.05) is 27.4 Å². The number of hydrogen-bond donors (Lipinski definition) is 0. The SMILES string of the molecule is CP(C)(=O)c1cccc(-c2ccc(C3(c4ccc(-c5nc(-c6ccc7ccccc7c6)nc(-c6c7ccccc7cc7ccccc67)n5)cc4)CCCCC3)cc2)c1. The lowest BCUT2D eigenvalue weighted by Crippen LogP contribution is -2.30. The summed E-state index contributed by atoms with van der Waals surface area (Å²) in [6, 6.07) is 60.5. The summed E-state index contributed by atoms with van der Waals surface area (Å²) in [5.74, 6) is 1.98. The Bertz CT molecular complexity index is 2980. The fraction of sp³-hybridized carbons (Fsp3) is 0.151. The van der Waals surface area contributed by atoms with Crippen LogP contribution in [-0.2, 0) is 9.98 Å². The first kappa shape index (κ1) is 36.1. The molecule has 282 valence electrons. The summed E-state index contributed by atoms with van der Waals surface area (Å²) in [7, 11) is -2.35. The van der Waals surface area contributed by atoms with Crippen LogP contribution in [0, 0.1) is 0 Å². The summed E-state index contributed by atoms with van der Waals surface area (Å²) < 4.78 is 12.9. The Morgan fingerprint density at radius 3 is 1.60 bits per heavy atom. The summed E-state index contributed by atoms with van der Waals surface area (Å²) >= 11 is 0. The van der Waals surface area contributed by atoms with E-state index in [2.05, 4.69) is 158 Å². The molecule has 1 heterocycles. The number of rotatable bonds is 7. The summed E-state index contributed by atoms with van der Waals surface area (Å²) in [6.45, 7) is 3.67. The summed E-state index contributed by atoms with van der Waals surface area (Å²) in [6.07, 6.45) is 5.85. The zero-order valence-corrected chi connectivity index (χ0v) is 33.8. The second kappa shape index (κ2) is 14.6. The Balaban J connectivity index is 1.08. The molecule has 0 N–H and O–H groups in total. The van der Waals surface area contributed by atoms with Gasteiger partial charge in [0.15, 0.2) is 17.5 Å². The lowest BCUT2D eigenvalue weighted by atomic mass is 9.65. The van der Waals surface area contributed by atoms with Gasteiger partial charge in [-0.2, -0.15) is 0 Å². The summed E-state index contributed by atoms with van der Waals surface area (Å²) in [4.78, 5) is 15.8. The third kappa shape index (κ3) is 6.62. The van der Waals surface area contributed by atoms with E-state index in [4.69, 9.17) is 15.0 Å². The molecule has 5 heteroatoms. The molecule has 0 saturated heterocycles. The Morgan fingerprint density at radius 1 is 0.431 bits per heavy atom. The van der Waals surface area contributed by atoms with Gasteiger partial charge >= 0.3 is 0 Å². The molecule has 4 nitrogen and oxygen atoms in total. The molecule has 1 saturated carbocycles. The van der Waals surface area contributed by atoms with Gasteiger partial charge in [0.2, 0.25) is 0 Å². The lowest BCUT2D eigenvalue weighted by molar-refractivity contribution is 0.346. The molecule has 0 amide bonds. The standard InChI is InChI=1S/C53H44N3OP/c1-58(2,57)46-18-12-17-40(35-46)37-23-27-44(28-24-37)53(31-10-3-11-32-53)45-29-25-38(26-30-45)50-54-51(43-22-21-36-13-4-5-14-39(36)33-43)56-52(55-50)49-47-19-8-6-15-41(47)34-42-16-7-9-20-48(42)49/h4-9,12-30,33-35H,3,10-11,31-32H2,1-2H3. The van der Waals surface area contributed by atoms with Crippen LogP contribution < -0.4 is 5.30 Å². The van der Waals surface area contributed by atoms with Crippen molar-refractivity contribution in [2.75, 3.05) is 13.3 Å². The van der Waals surface area contributed by atoms with Gasteiger partial charge in [-0.05, 0) is 98.9 Å². The summed E-state index contributed by atoms with van der Waals surface area (Å²) in [5, 5.41) is 7.79. The number of aromatic nitrogens is 3. The highest BCUT2D eigenvalue weighted by Crippen LogP contribution is 2.46. The van der Waals surface area contributed by atoms with E-state index >= 15 is 0 Å². The Labute approximate surface area is 340 Å². The number of fused-ring (bicyclic) bond motifs is 3. The minimum absolute atomic E-state index is 0.0813. The monoisotopic (exact) mass is 769 g/mol. The van der Waals surface area contributed by atoms with E-state index in [1.807, 2.05) is 25.5 Å². The molecule has 0 aliphatic heterocycles. The number of hydrogen-bond acceptors (Lipinski definition) is 4. The van der Waals surface area contributed by atoms with E-state index in [1.165, 1.54) is 35.8 Å². The Hall–Kier alpha value is -6.22. The molecule has 8 aromatic carbocycles. The normalized spacial score (nSPS) is 14.2. The molecule has 0 unspecified atom stereocenters. The molecule has 0 radical (unpaired) electrons. The molecular formula is C53H44N3OP. The van der Waals surface area contributed by atoms with Crippen LogP contribution in [0.25, 0.3) is 77.6 Å².